The second-order valence-corrected chi connectivity index (χ2v) is 12.4. The van der Waals surface area contributed by atoms with Gasteiger partial charge in [0.1, 0.15) is 0 Å². The maximum Gasteiger partial charge on any atom is 0.160 e. The fourth-order valence-corrected chi connectivity index (χ4v) is 6.80. The van der Waals surface area contributed by atoms with E-state index in [1.807, 2.05) is 24.3 Å². The Morgan fingerprint density at radius 3 is 1.42 bits per heavy atom. The van der Waals surface area contributed by atoms with E-state index in [4.69, 9.17) is 15.0 Å². The highest BCUT2D eigenvalue weighted by Gasteiger charge is 2.16. The lowest BCUT2D eigenvalue weighted by molar-refractivity contribution is 1.18. The maximum absolute atomic E-state index is 5.22. The zero-order valence-electron chi connectivity index (χ0n) is 27.2. The van der Waals surface area contributed by atoms with Crippen molar-refractivity contribution in [2.45, 2.75) is 0 Å². The third-order valence-corrected chi connectivity index (χ3v) is 9.31. The van der Waals surface area contributed by atoms with Crippen molar-refractivity contribution in [2.24, 2.45) is 0 Å². The van der Waals surface area contributed by atoms with Gasteiger partial charge in [0.15, 0.2) is 5.82 Å². The molecule has 234 valence electrons. The lowest BCUT2D eigenvalue weighted by atomic mass is 9.93. The minimum atomic E-state index is 0.699. The summed E-state index contributed by atoms with van der Waals surface area (Å²) in [5.74, 6) is 0.699. The molecule has 0 aliphatic rings. The molecule has 0 N–H and O–H groups in total. The molecular formula is C47H31N3. The van der Waals surface area contributed by atoms with Gasteiger partial charge in [-0.25, -0.2) is 15.0 Å². The van der Waals surface area contributed by atoms with E-state index in [-0.39, 0.29) is 0 Å². The van der Waals surface area contributed by atoms with Gasteiger partial charge >= 0.3 is 0 Å². The Labute approximate surface area is 291 Å². The predicted molar refractivity (Wildman–Crippen MR) is 207 cm³/mol. The third-order valence-electron chi connectivity index (χ3n) is 9.31. The molecule has 0 bridgehead atoms. The molecule has 3 heteroatoms. The number of hydrogen-bond acceptors (Lipinski definition) is 3. The molecule has 0 aliphatic heterocycles. The largest absolute Gasteiger partial charge is 0.247 e. The molecule has 0 fully saturated rings. The summed E-state index contributed by atoms with van der Waals surface area (Å²) in [5, 5.41) is 3.50. The van der Waals surface area contributed by atoms with E-state index in [1.54, 1.807) is 0 Å². The van der Waals surface area contributed by atoms with E-state index in [0.29, 0.717) is 5.82 Å². The van der Waals surface area contributed by atoms with E-state index < -0.39 is 0 Å². The first-order chi connectivity index (χ1) is 24.8. The van der Waals surface area contributed by atoms with Crippen LogP contribution in [0.3, 0.4) is 0 Å². The number of para-hydroxylation sites is 1. The van der Waals surface area contributed by atoms with Crippen LogP contribution in [0, 0.1) is 0 Å². The minimum absolute atomic E-state index is 0.699. The summed E-state index contributed by atoms with van der Waals surface area (Å²) in [5.41, 5.74) is 12.6. The van der Waals surface area contributed by atoms with Crippen LogP contribution in [0.25, 0.3) is 89.1 Å². The van der Waals surface area contributed by atoms with Crippen molar-refractivity contribution >= 4 is 21.7 Å². The maximum atomic E-state index is 5.22. The van der Waals surface area contributed by atoms with E-state index >= 15 is 0 Å². The molecular weight excluding hydrogens is 607 g/mol. The van der Waals surface area contributed by atoms with Gasteiger partial charge in [0, 0.05) is 38.4 Å². The molecule has 0 radical (unpaired) electrons. The summed E-state index contributed by atoms with van der Waals surface area (Å²) in [6.45, 7) is 0. The van der Waals surface area contributed by atoms with Gasteiger partial charge in [-0.1, -0.05) is 176 Å². The van der Waals surface area contributed by atoms with Crippen molar-refractivity contribution in [3.63, 3.8) is 0 Å². The standard InChI is InChI=1S/C47H31N3/c1-4-13-32(14-5-1)33-23-25-35(26-24-33)43-31-44(50-47(49-43)38-17-8-3-9-18-38)36-27-29-37(30-28-36)46-41-21-12-20-39(34-15-6-2-7-16-34)45(41)40-19-10-11-22-42(40)48-46/h1-31H. The van der Waals surface area contributed by atoms with Crippen molar-refractivity contribution in [1.29, 1.82) is 0 Å². The first-order valence-electron chi connectivity index (χ1n) is 16.9. The Morgan fingerprint density at radius 2 is 0.780 bits per heavy atom. The Balaban J connectivity index is 1.15. The Hall–Kier alpha value is -6.71. The molecule has 7 aromatic carbocycles. The normalized spacial score (nSPS) is 11.2. The Kier molecular flexibility index (Phi) is 7.49. The van der Waals surface area contributed by atoms with Crippen LogP contribution in [0.5, 0.6) is 0 Å². The van der Waals surface area contributed by atoms with Gasteiger partial charge in [-0.05, 0) is 34.4 Å². The third kappa shape index (κ3) is 5.51. The number of fused-ring (bicyclic) bond motifs is 3. The number of aromatic nitrogens is 3. The van der Waals surface area contributed by atoms with Crippen LogP contribution < -0.4 is 0 Å². The lowest BCUT2D eigenvalue weighted by Crippen LogP contribution is -1.96. The minimum Gasteiger partial charge on any atom is -0.247 e. The fraction of sp³-hybridized carbons (Fsp3) is 0. The van der Waals surface area contributed by atoms with Crippen LogP contribution in [0.1, 0.15) is 0 Å². The highest BCUT2D eigenvalue weighted by Crippen LogP contribution is 2.39. The van der Waals surface area contributed by atoms with Crippen molar-refractivity contribution in [3.8, 4) is 67.4 Å². The monoisotopic (exact) mass is 637 g/mol. The topological polar surface area (TPSA) is 38.7 Å². The van der Waals surface area contributed by atoms with Gasteiger partial charge in [0.2, 0.25) is 0 Å². The highest BCUT2D eigenvalue weighted by molar-refractivity contribution is 6.17. The van der Waals surface area contributed by atoms with Gasteiger partial charge in [-0.3, -0.25) is 0 Å². The molecule has 0 atom stereocenters. The van der Waals surface area contributed by atoms with Gasteiger partial charge in [0.25, 0.3) is 0 Å². The van der Waals surface area contributed by atoms with Crippen LogP contribution in [0.4, 0.5) is 0 Å². The first-order valence-corrected chi connectivity index (χ1v) is 16.9. The Morgan fingerprint density at radius 1 is 0.300 bits per heavy atom. The summed E-state index contributed by atoms with van der Waals surface area (Å²) in [6.07, 6.45) is 0. The highest BCUT2D eigenvalue weighted by atomic mass is 14.9. The van der Waals surface area contributed by atoms with E-state index in [9.17, 15) is 0 Å². The molecule has 0 spiro atoms. The number of rotatable bonds is 6. The molecule has 0 unspecified atom stereocenters. The van der Waals surface area contributed by atoms with Crippen molar-refractivity contribution in [2.75, 3.05) is 0 Å². The summed E-state index contributed by atoms with van der Waals surface area (Å²) >= 11 is 0. The molecule has 9 aromatic rings. The van der Waals surface area contributed by atoms with Crippen LogP contribution >= 0.6 is 0 Å². The van der Waals surface area contributed by atoms with Gasteiger partial charge in [-0.2, -0.15) is 0 Å². The van der Waals surface area contributed by atoms with E-state index in [2.05, 4.69) is 164 Å². The molecule has 9 rings (SSSR count). The van der Waals surface area contributed by atoms with Crippen LogP contribution in [-0.4, -0.2) is 15.0 Å². The average Bonchev–Trinajstić information content (AvgIpc) is 3.21. The zero-order valence-corrected chi connectivity index (χ0v) is 27.2. The average molecular weight is 638 g/mol. The lowest BCUT2D eigenvalue weighted by Gasteiger charge is -2.14. The van der Waals surface area contributed by atoms with Crippen LogP contribution in [0.2, 0.25) is 0 Å². The smallest absolute Gasteiger partial charge is 0.160 e. The summed E-state index contributed by atoms with van der Waals surface area (Å²) < 4.78 is 0. The SMILES string of the molecule is c1ccc(-c2ccc(-c3cc(-c4ccc(-c5nc6ccccc6c6c(-c7ccccc7)cccc56)cc4)nc(-c4ccccc4)n3)cc2)cc1. The molecule has 0 saturated carbocycles. The van der Waals surface area contributed by atoms with Crippen molar-refractivity contribution < 1.29 is 0 Å². The van der Waals surface area contributed by atoms with Crippen LogP contribution in [-0.2, 0) is 0 Å². The first kappa shape index (κ1) is 29.4. The van der Waals surface area contributed by atoms with Crippen molar-refractivity contribution in [1.82, 2.24) is 15.0 Å². The molecule has 0 aliphatic carbocycles. The number of nitrogens with zero attached hydrogens (tertiary/aromatic N) is 3. The molecule has 3 nitrogen and oxygen atoms in total. The summed E-state index contributed by atoms with van der Waals surface area (Å²) in [7, 11) is 0. The predicted octanol–water partition coefficient (Wildman–Crippen LogP) is 12.2. The van der Waals surface area contributed by atoms with E-state index in [1.165, 1.54) is 27.6 Å². The van der Waals surface area contributed by atoms with Gasteiger partial charge in [0.05, 0.1) is 22.6 Å². The summed E-state index contributed by atoms with van der Waals surface area (Å²) in [6, 6.07) is 65.6. The number of benzene rings is 7. The quantitative estimate of drug-likeness (QED) is 0.170. The number of pyridine rings is 1. The second-order valence-electron chi connectivity index (χ2n) is 12.4. The molecule has 50 heavy (non-hydrogen) atoms. The van der Waals surface area contributed by atoms with Gasteiger partial charge in [-0.15, -0.1) is 0 Å². The van der Waals surface area contributed by atoms with Crippen molar-refractivity contribution in [3.05, 3.63) is 188 Å². The fourth-order valence-electron chi connectivity index (χ4n) is 6.80. The second kappa shape index (κ2) is 12.7. The number of hydrogen-bond donors (Lipinski definition) is 0. The molecule has 2 heterocycles. The van der Waals surface area contributed by atoms with Crippen LogP contribution in [0.15, 0.2) is 188 Å². The summed E-state index contributed by atoms with van der Waals surface area (Å²) in [4.78, 5) is 15.3. The Bertz CT molecular complexity index is 2600. The molecule has 0 amide bonds. The zero-order chi connectivity index (χ0) is 33.3. The molecule has 0 saturated heterocycles. The van der Waals surface area contributed by atoms with Gasteiger partial charge < -0.3 is 0 Å². The molecule has 2 aromatic heterocycles. The van der Waals surface area contributed by atoms with E-state index in [0.717, 1.165) is 55.6 Å².